The Labute approximate surface area is 85.2 Å². The van der Waals surface area contributed by atoms with Crippen molar-refractivity contribution < 1.29 is 14.9 Å². The molecule has 12 heavy (non-hydrogen) atoms. The standard InChI is InChI=1S/C6H9Cl3O3/c7-1-2-3(8)4(10)5(11)6(9)12-2/h2-6,10-11H,1H2/t2-,3+,4+,5-,6-/m1/s1. The van der Waals surface area contributed by atoms with E-state index in [1.165, 1.54) is 0 Å². The van der Waals surface area contributed by atoms with Crippen LogP contribution >= 0.6 is 34.8 Å². The van der Waals surface area contributed by atoms with E-state index in [4.69, 9.17) is 39.5 Å². The summed E-state index contributed by atoms with van der Waals surface area (Å²) in [5, 5.41) is 17.8. The maximum absolute atomic E-state index is 9.31. The van der Waals surface area contributed by atoms with E-state index in [1.807, 2.05) is 0 Å². The lowest BCUT2D eigenvalue weighted by Crippen LogP contribution is -2.54. The van der Waals surface area contributed by atoms with Crippen molar-refractivity contribution >= 4 is 34.8 Å². The van der Waals surface area contributed by atoms with Crippen LogP contribution in [0.5, 0.6) is 0 Å². The van der Waals surface area contributed by atoms with Gasteiger partial charge in [-0.15, -0.1) is 23.2 Å². The van der Waals surface area contributed by atoms with E-state index in [9.17, 15) is 10.2 Å². The van der Waals surface area contributed by atoms with Crippen molar-refractivity contribution in [1.82, 2.24) is 0 Å². The first-order valence-electron chi connectivity index (χ1n) is 3.43. The summed E-state index contributed by atoms with van der Waals surface area (Å²) in [7, 11) is 0. The number of hydrogen-bond acceptors (Lipinski definition) is 3. The van der Waals surface area contributed by atoms with Gasteiger partial charge in [-0.25, -0.2) is 0 Å². The third kappa shape index (κ3) is 1.97. The Morgan fingerprint density at radius 1 is 1.17 bits per heavy atom. The minimum Gasteiger partial charge on any atom is -0.389 e. The molecule has 0 bridgehead atoms. The molecule has 0 spiro atoms. The van der Waals surface area contributed by atoms with Crippen LogP contribution in [-0.4, -0.2) is 45.3 Å². The fourth-order valence-corrected chi connectivity index (χ4v) is 1.94. The fraction of sp³-hybridized carbons (Fsp3) is 1.00. The highest BCUT2D eigenvalue weighted by Crippen LogP contribution is 2.27. The topological polar surface area (TPSA) is 49.7 Å². The monoisotopic (exact) mass is 234 g/mol. The largest absolute Gasteiger partial charge is 0.389 e. The number of aliphatic hydroxyl groups excluding tert-OH is 2. The van der Waals surface area contributed by atoms with Gasteiger partial charge in [0, 0.05) is 0 Å². The second kappa shape index (κ2) is 4.31. The van der Waals surface area contributed by atoms with E-state index in [0.717, 1.165) is 0 Å². The summed E-state index contributed by atoms with van der Waals surface area (Å²) >= 11 is 16.8. The lowest BCUT2D eigenvalue weighted by atomic mass is 10.0. The normalized spacial score (nSPS) is 49.2. The molecule has 6 heteroatoms. The van der Waals surface area contributed by atoms with Crippen molar-refractivity contribution in [2.75, 3.05) is 5.88 Å². The fourth-order valence-electron chi connectivity index (χ4n) is 1.01. The van der Waals surface area contributed by atoms with Gasteiger partial charge < -0.3 is 14.9 Å². The smallest absolute Gasteiger partial charge is 0.159 e. The van der Waals surface area contributed by atoms with Crippen molar-refractivity contribution in [3.05, 3.63) is 0 Å². The molecule has 0 aromatic heterocycles. The molecule has 1 heterocycles. The molecule has 1 saturated heterocycles. The van der Waals surface area contributed by atoms with E-state index in [-0.39, 0.29) is 5.88 Å². The number of rotatable bonds is 1. The van der Waals surface area contributed by atoms with Gasteiger partial charge in [-0.2, -0.15) is 0 Å². The van der Waals surface area contributed by atoms with Gasteiger partial charge in [0.05, 0.1) is 17.4 Å². The summed E-state index contributed by atoms with van der Waals surface area (Å²) in [6.07, 6.45) is -2.77. The van der Waals surface area contributed by atoms with Crippen molar-refractivity contribution in [2.45, 2.75) is 29.3 Å². The Kier molecular flexibility index (Phi) is 3.89. The van der Waals surface area contributed by atoms with E-state index in [1.54, 1.807) is 0 Å². The van der Waals surface area contributed by atoms with Crippen LogP contribution in [0, 0.1) is 0 Å². The zero-order valence-corrected chi connectivity index (χ0v) is 8.30. The Morgan fingerprint density at radius 2 is 1.75 bits per heavy atom. The highest BCUT2D eigenvalue weighted by Gasteiger charge is 2.42. The molecule has 0 amide bonds. The van der Waals surface area contributed by atoms with Crippen LogP contribution in [-0.2, 0) is 4.74 Å². The molecule has 2 N–H and O–H groups in total. The first kappa shape index (κ1) is 10.8. The van der Waals surface area contributed by atoms with E-state index < -0.39 is 29.3 Å². The van der Waals surface area contributed by atoms with Crippen LogP contribution in [0.15, 0.2) is 0 Å². The number of hydrogen-bond donors (Lipinski definition) is 2. The molecule has 1 rings (SSSR count). The van der Waals surface area contributed by atoms with Gasteiger partial charge >= 0.3 is 0 Å². The van der Waals surface area contributed by atoms with Crippen molar-refractivity contribution in [3.63, 3.8) is 0 Å². The quantitative estimate of drug-likeness (QED) is 0.652. The predicted octanol–water partition coefficient (Wildman–Crippen LogP) is 0.518. The lowest BCUT2D eigenvalue weighted by Gasteiger charge is -2.36. The second-order valence-electron chi connectivity index (χ2n) is 2.61. The van der Waals surface area contributed by atoms with Gasteiger partial charge in [0.2, 0.25) is 0 Å². The first-order chi connectivity index (χ1) is 5.57. The zero-order valence-electron chi connectivity index (χ0n) is 6.03. The molecular weight excluding hydrogens is 226 g/mol. The Bertz CT molecular complexity index is 152. The van der Waals surface area contributed by atoms with Crippen LogP contribution in [0.1, 0.15) is 0 Å². The van der Waals surface area contributed by atoms with Gasteiger partial charge in [0.1, 0.15) is 12.2 Å². The van der Waals surface area contributed by atoms with Gasteiger partial charge in [0.15, 0.2) is 5.56 Å². The summed E-state index contributed by atoms with van der Waals surface area (Å²) < 4.78 is 5.02. The maximum Gasteiger partial charge on any atom is 0.159 e. The zero-order chi connectivity index (χ0) is 9.30. The van der Waals surface area contributed by atoms with Gasteiger partial charge in [0.25, 0.3) is 0 Å². The molecule has 0 radical (unpaired) electrons. The van der Waals surface area contributed by atoms with Crippen LogP contribution in [0.2, 0.25) is 0 Å². The molecule has 0 saturated carbocycles. The molecule has 0 unspecified atom stereocenters. The Morgan fingerprint density at radius 3 is 2.25 bits per heavy atom. The van der Waals surface area contributed by atoms with E-state index >= 15 is 0 Å². The highest BCUT2D eigenvalue weighted by atomic mass is 35.5. The Balaban J connectivity index is 2.63. The summed E-state index contributed by atoms with van der Waals surface area (Å²) in [5.74, 6) is 0.140. The number of halogens is 3. The SMILES string of the molecule is O[C@@H]1[C@@H](O)[C@H](Cl)O[C@H](CCl)[C@@H]1Cl. The molecule has 1 aliphatic heterocycles. The maximum atomic E-state index is 9.31. The van der Waals surface area contributed by atoms with Crippen molar-refractivity contribution in [3.8, 4) is 0 Å². The first-order valence-corrected chi connectivity index (χ1v) is 4.84. The predicted molar refractivity (Wildman–Crippen MR) is 46.9 cm³/mol. The average molecular weight is 235 g/mol. The van der Waals surface area contributed by atoms with Crippen LogP contribution in [0.3, 0.4) is 0 Å². The lowest BCUT2D eigenvalue weighted by molar-refractivity contribution is -0.128. The average Bonchev–Trinajstić information content (AvgIpc) is 2.08. The van der Waals surface area contributed by atoms with Crippen molar-refractivity contribution in [1.29, 1.82) is 0 Å². The molecule has 5 atom stereocenters. The summed E-state index contributed by atoms with van der Waals surface area (Å²) in [6, 6.07) is 0. The van der Waals surface area contributed by atoms with Gasteiger partial charge in [-0.3, -0.25) is 0 Å². The van der Waals surface area contributed by atoms with Crippen LogP contribution in [0.25, 0.3) is 0 Å². The van der Waals surface area contributed by atoms with E-state index in [0.29, 0.717) is 0 Å². The third-order valence-corrected chi connectivity index (χ3v) is 2.96. The van der Waals surface area contributed by atoms with Gasteiger partial charge in [-0.05, 0) is 0 Å². The molecule has 1 aliphatic rings. The van der Waals surface area contributed by atoms with Crippen LogP contribution in [0.4, 0.5) is 0 Å². The molecular formula is C6H9Cl3O3. The minimum absolute atomic E-state index is 0.140. The summed E-state index contributed by atoms with van der Waals surface area (Å²) in [5.41, 5.74) is -0.946. The van der Waals surface area contributed by atoms with Crippen LogP contribution < -0.4 is 0 Å². The third-order valence-electron chi connectivity index (χ3n) is 1.76. The second-order valence-corrected chi connectivity index (χ2v) is 3.85. The molecule has 0 aromatic carbocycles. The Hall–Kier alpha value is 0.750. The summed E-state index contributed by atoms with van der Waals surface area (Å²) in [4.78, 5) is 0. The van der Waals surface area contributed by atoms with E-state index in [2.05, 4.69) is 0 Å². The number of alkyl halides is 3. The number of aliphatic hydroxyl groups is 2. The molecule has 3 nitrogen and oxygen atoms in total. The van der Waals surface area contributed by atoms with Crippen molar-refractivity contribution in [2.24, 2.45) is 0 Å². The molecule has 0 aromatic rings. The highest BCUT2D eigenvalue weighted by molar-refractivity contribution is 6.24. The molecule has 0 aliphatic carbocycles. The van der Waals surface area contributed by atoms with Gasteiger partial charge in [-0.1, -0.05) is 11.6 Å². The molecule has 1 fully saturated rings. The summed E-state index contributed by atoms with van der Waals surface area (Å²) in [6.45, 7) is 0. The number of ether oxygens (including phenoxy) is 1. The minimum atomic E-state index is -1.16. The molecule has 72 valence electrons.